The van der Waals surface area contributed by atoms with E-state index in [2.05, 4.69) is 29.3 Å². The summed E-state index contributed by atoms with van der Waals surface area (Å²) in [5.41, 5.74) is 6.56. The van der Waals surface area contributed by atoms with Crippen molar-refractivity contribution in [2.24, 2.45) is 16.3 Å². The maximum Gasteiger partial charge on any atom is 0.270 e. The summed E-state index contributed by atoms with van der Waals surface area (Å²) in [6.07, 6.45) is 5.76. The Morgan fingerprint density at radius 2 is 2.29 bits per heavy atom. The van der Waals surface area contributed by atoms with Crippen LogP contribution in [0.15, 0.2) is 23.5 Å². The molecule has 1 fully saturated rings. The van der Waals surface area contributed by atoms with Crippen LogP contribution < -0.4 is 11.1 Å². The molecule has 0 aromatic carbocycles. The van der Waals surface area contributed by atoms with Gasteiger partial charge in [-0.3, -0.25) is 9.78 Å². The molecule has 0 saturated heterocycles. The lowest BCUT2D eigenvalue weighted by atomic mass is 9.75. The van der Waals surface area contributed by atoms with Crippen LogP contribution in [0.25, 0.3) is 0 Å². The molecule has 1 aliphatic rings. The van der Waals surface area contributed by atoms with Crippen LogP contribution in [0.5, 0.6) is 0 Å². The van der Waals surface area contributed by atoms with Gasteiger partial charge in [0, 0.05) is 17.8 Å². The quantitative estimate of drug-likeness (QED) is 0.342. The summed E-state index contributed by atoms with van der Waals surface area (Å²) in [5, 5.41) is 14.5. The number of oxime groups is 1. The topological polar surface area (TPSA) is 101 Å². The fourth-order valence-corrected chi connectivity index (χ4v) is 2.82. The zero-order chi connectivity index (χ0) is 15.5. The third kappa shape index (κ3) is 3.93. The molecule has 1 atom stereocenters. The van der Waals surface area contributed by atoms with Gasteiger partial charge in [-0.2, -0.15) is 0 Å². The molecular weight excluding hydrogens is 268 g/mol. The van der Waals surface area contributed by atoms with Crippen LogP contribution in [-0.2, 0) is 0 Å². The highest BCUT2D eigenvalue weighted by atomic mass is 16.4. The first kappa shape index (κ1) is 15.3. The van der Waals surface area contributed by atoms with Crippen molar-refractivity contribution in [3.8, 4) is 0 Å². The summed E-state index contributed by atoms with van der Waals surface area (Å²) in [5.74, 6) is -0.202. The van der Waals surface area contributed by atoms with E-state index in [-0.39, 0.29) is 23.2 Å². The number of carbonyl (C=O) groups excluding carboxylic acids is 1. The number of carbonyl (C=O) groups is 1. The average Bonchev–Trinajstić information content (AvgIpc) is 2.45. The first-order valence-electron chi connectivity index (χ1n) is 7.16. The van der Waals surface area contributed by atoms with Crippen LogP contribution in [0, 0.1) is 5.41 Å². The molecule has 2 rings (SSSR count). The number of nitrogens with two attached hydrogens (primary N) is 1. The van der Waals surface area contributed by atoms with Gasteiger partial charge in [0.2, 0.25) is 0 Å². The lowest BCUT2D eigenvalue weighted by molar-refractivity contribution is 0.0897. The zero-order valence-corrected chi connectivity index (χ0v) is 12.5. The first-order chi connectivity index (χ1) is 9.91. The van der Waals surface area contributed by atoms with Gasteiger partial charge in [0.1, 0.15) is 5.69 Å². The van der Waals surface area contributed by atoms with E-state index in [0.29, 0.717) is 11.3 Å². The summed E-state index contributed by atoms with van der Waals surface area (Å²) in [4.78, 5) is 16.3. The Balaban J connectivity index is 2.00. The molecule has 0 spiro atoms. The minimum Gasteiger partial charge on any atom is -0.409 e. The van der Waals surface area contributed by atoms with Crippen molar-refractivity contribution in [1.82, 2.24) is 10.3 Å². The Morgan fingerprint density at radius 3 is 2.86 bits per heavy atom. The highest BCUT2D eigenvalue weighted by Gasteiger charge is 2.29. The number of amides is 1. The molecule has 1 aliphatic carbocycles. The number of pyridine rings is 1. The molecule has 0 bridgehead atoms. The Kier molecular flexibility index (Phi) is 4.45. The van der Waals surface area contributed by atoms with Gasteiger partial charge in [0.25, 0.3) is 5.91 Å². The van der Waals surface area contributed by atoms with Crippen molar-refractivity contribution in [3.05, 3.63) is 29.6 Å². The number of rotatable bonds is 3. The van der Waals surface area contributed by atoms with Crippen molar-refractivity contribution in [2.45, 2.75) is 45.6 Å². The molecule has 114 valence electrons. The molecule has 1 amide bonds. The minimum absolute atomic E-state index is 0.0245. The van der Waals surface area contributed by atoms with Crippen LogP contribution in [0.4, 0.5) is 0 Å². The maximum absolute atomic E-state index is 12.2. The molecule has 4 N–H and O–H groups in total. The second-order valence-electron chi connectivity index (χ2n) is 6.35. The summed E-state index contributed by atoms with van der Waals surface area (Å²) in [6, 6.07) is 3.39. The molecule has 1 saturated carbocycles. The third-order valence-electron chi connectivity index (χ3n) is 3.94. The molecule has 6 nitrogen and oxygen atoms in total. The van der Waals surface area contributed by atoms with Crippen LogP contribution in [0.3, 0.4) is 0 Å². The van der Waals surface area contributed by atoms with E-state index in [1.165, 1.54) is 12.6 Å². The van der Waals surface area contributed by atoms with E-state index in [1.807, 2.05) is 0 Å². The van der Waals surface area contributed by atoms with E-state index < -0.39 is 0 Å². The van der Waals surface area contributed by atoms with Crippen LogP contribution in [-0.4, -0.2) is 28.0 Å². The lowest BCUT2D eigenvalue weighted by Crippen LogP contribution is -2.40. The Bertz CT molecular complexity index is 537. The number of nitrogens with one attached hydrogen (secondary N) is 1. The number of nitrogens with zero attached hydrogens (tertiary/aromatic N) is 2. The SMILES string of the molecule is CC1(C)CCCC(NC(=O)c2ccc(/C(N)=N/O)cn2)C1. The van der Waals surface area contributed by atoms with Gasteiger partial charge in [-0.15, -0.1) is 0 Å². The summed E-state index contributed by atoms with van der Waals surface area (Å²) in [6.45, 7) is 4.46. The summed E-state index contributed by atoms with van der Waals surface area (Å²) in [7, 11) is 0. The van der Waals surface area contributed by atoms with Gasteiger partial charge in [-0.05, 0) is 36.8 Å². The number of amidine groups is 1. The fraction of sp³-hybridized carbons (Fsp3) is 0.533. The van der Waals surface area contributed by atoms with E-state index in [0.717, 1.165) is 19.3 Å². The summed E-state index contributed by atoms with van der Waals surface area (Å²) >= 11 is 0. The predicted octanol–water partition coefficient (Wildman–Crippen LogP) is 1.87. The van der Waals surface area contributed by atoms with Crippen LogP contribution >= 0.6 is 0 Å². The van der Waals surface area contributed by atoms with Gasteiger partial charge in [0.05, 0.1) is 0 Å². The maximum atomic E-state index is 12.2. The van der Waals surface area contributed by atoms with Gasteiger partial charge < -0.3 is 16.3 Å². The van der Waals surface area contributed by atoms with Crippen LogP contribution in [0.1, 0.15) is 55.6 Å². The second-order valence-corrected chi connectivity index (χ2v) is 6.35. The van der Waals surface area contributed by atoms with Crippen molar-refractivity contribution < 1.29 is 10.0 Å². The number of hydrogen-bond donors (Lipinski definition) is 3. The largest absolute Gasteiger partial charge is 0.409 e. The molecule has 1 aromatic rings. The van der Waals surface area contributed by atoms with Crippen molar-refractivity contribution in [1.29, 1.82) is 0 Å². The van der Waals surface area contributed by atoms with E-state index in [4.69, 9.17) is 10.9 Å². The molecule has 0 radical (unpaired) electrons. The van der Waals surface area contributed by atoms with Gasteiger partial charge >= 0.3 is 0 Å². The average molecular weight is 290 g/mol. The summed E-state index contributed by atoms with van der Waals surface area (Å²) < 4.78 is 0. The molecule has 0 aliphatic heterocycles. The van der Waals surface area contributed by atoms with Crippen molar-refractivity contribution >= 4 is 11.7 Å². The first-order valence-corrected chi connectivity index (χ1v) is 7.16. The van der Waals surface area contributed by atoms with Gasteiger partial charge in [0.15, 0.2) is 5.84 Å². The second kappa shape index (κ2) is 6.11. The Morgan fingerprint density at radius 1 is 1.52 bits per heavy atom. The smallest absolute Gasteiger partial charge is 0.270 e. The highest BCUT2D eigenvalue weighted by Crippen LogP contribution is 2.35. The number of hydrogen-bond acceptors (Lipinski definition) is 4. The normalized spacial score (nSPS) is 21.8. The minimum atomic E-state index is -0.177. The number of aromatic nitrogens is 1. The zero-order valence-electron chi connectivity index (χ0n) is 12.5. The fourth-order valence-electron chi connectivity index (χ4n) is 2.82. The molecule has 21 heavy (non-hydrogen) atoms. The monoisotopic (exact) mass is 290 g/mol. The Hall–Kier alpha value is -2.11. The van der Waals surface area contributed by atoms with Crippen molar-refractivity contribution in [3.63, 3.8) is 0 Å². The van der Waals surface area contributed by atoms with E-state index in [9.17, 15) is 4.79 Å². The van der Waals surface area contributed by atoms with Crippen LogP contribution in [0.2, 0.25) is 0 Å². The molecule has 1 unspecified atom stereocenters. The standard InChI is InChI=1S/C15H22N4O2/c1-15(2)7-3-4-11(8-15)18-14(20)12-6-5-10(9-17-12)13(16)19-21/h5-6,9,11,21H,3-4,7-8H2,1-2H3,(H2,16,19)(H,18,20). The van der Waals surface area contributed by atoms with E-state index >= 15 is 0 Å². The van der Waals surface area contributed by atoms with Gasteiger partial charge in [-0.1, -0.05) is 25.4 Å². The highest BCUT2D eigenvalue weighted by molar-refractivity contribution is 5.98. The molecule has 1 heterocycles. The lowest BCUT2D eigenvalue weighted by Gasteiger charge is -2.35. The molecular formula is C15H22N4O2. The van der Waals surface area contributed by atoms with Gasteiger partial charge in [-0.25, -0.2) is 0 Å². The van der Waals surface area contributed by atoms with Crippen molar-refractivity contribution in [2.75, 3.05) is 0 Å². The molecule has 1 aromatic heterocycles. The third-order valence-corrected chi connectivity index (χ3v) is 3.94. The predicted molar refractivity (Wildman–Crippen MR) is 80.3 cm³/mol. The Labute approximate surface area is 124 Å². The van der Waals surface area contributed by atoms with E-state index in [1.54, 1.807) is 12.1 Å². The molecule has 6 heteroatoms.